The van der Waals surface area contributed by atoms with Crippen LogP contribution in [-0.4, -0.2) is 33.5 Å². The third-order valence-corrected chi connectivity index (χ3v) is 4.76. The van der Waals surface area contributed by atoms with E-state index < -0.39 is 10.0 Å². The zero-order valence-corrected chi connectivity index (χ0v) is 14.1. The molecule has 118 valence electrons. The minimum atomic E-state index is -3.73. The van der Waals surface area contributed by atoms with Crippen LogP contribution in [0.15, 0.2) is 28.1 Å². The number of hydrogen-bond acceptors (Lipinski definition) is 3. The first-order chi connectivity index (χ1) is 9.74. The molecular weight excluding hydrogens is 335 g/mol. The van der Waals surface area contributed by atoms with Crippen molar-refractivity contribution >= 4 is 39.2 Å². The van der Waals surface area contributed by atoms with Gasteiger partial charge in [-0.2, -0.15) is 0 Å². The molecule has 21 heavy (non-hydrogen) atoms. The van der Waals surface area contributed by atoms with Gasteiger partial charge in [0.25, 0.3) is 0 Å². The standard InChI is InChI=1S/C12H18Cl2N4O2S/c1-8(2)18-12(15)16-6-7-17-21(19,20)10-5-3-4-9(13)11(10)14/h3-5,8,17H,6-7H2,1-2H3,(H3,15,16,18). The fraction of sp³-hybridized carbons (Fsp3) is 0.417. The zero-order valence-electron chi connectivity index (χ0n) is 11.7. The van der Waals surface area contributed by atoms with E-state index >= 15 is 0 Å². The summed E-state index contributed by atoms with van der Waals surface area (Å²) in [6.07, 6.45) is 0. The van der Waals surface area contributed by atoms with Crippen LogP contribution in [0.3, 0.4) is 0 Å². The summed E-state index contributed by atoms with van der Waals surface area (Å²) in [5.41, 5.74) is 5.60. The van der Waals surface area contributed by atoms with E-state index in [-0.39, 0.29) is 40.0 Å². The Morgan fingerprint density at radius 2 is 2.05 bits per heavy atom. The van der Waals surface area contributed by atoms with Crippen LogP contribution >= 0.6 is 23.2 Å². The van der Waals surface area contributed by atoms with Crippen molar-refractivity contribution in [1.29, 1.82) is 0 Å². The maximum Gasteiger partial charge on any atom is 0.242 e. The minimum absolute atomic E-state index is 0.00356. The average molecular weight is 353 g/mol. The summed E-state index contributed by atoms with van der Waals surface area (Å²) in [6, 6.07) is 4.58. The molecule has 0 atom stereocenters. The van der Waals surface area contributed by atoms with E-state index in [9.17, 15) is 8.42 Å². The number of aliphatic imine (C=N–C) groups is 1. The van der Waals surface area contributed by atoms with Gasteiger partial charge < -0.3 is 11.1 Å². The van der Waals surface area contributed by atoms with E-state index in [1.807, 2.05) is 13.8 Å². The molecule has 0 fully saturated rings. The molecule has 0 spiro atoms. The molecule has 9 heteroatoms. The summed E-state index contributed by atoms with van der Waals surface area (Å²) < 4.78 is 26.5. The quantitative estimate of drug-likeness (QED) is 0.411. The van der Waals surface area contributed by atoms with Gasteiger partial charge in [0.2, 0.25) is 10.0 Å². The average Bonchev–Trinajstić information content (AvgIpc) is 2.37. The van der Waals surface area contributed by atoms with Crippen LogP contribution in [0.2, 0.25) is 10.0 Å². The smallest absolute Gasteiger partial charge is 0.242 e. The van der Waals surface area contributed by atoms with Gasteiger partial charge in [0, 0.05) is 12.6 Å². The lowest BCUT2D eigenvalue weighted by Gasteiger charge is -2.10. The van der Waals surface area contributed by atoms with Gasteiger partial charge >= 0.3 is 0 Å². The lowest BCUT2D eigenvalue weighted by molar-refractivity contribution is 0.582. The van der Waals surface area contributed by atoms with Crippen LogP contribution in [0.5, 0.6) is 0 Å². The van der Waals surface area contributed by atoms with Crippen molar-refractivity contribution in [1.82, 2.24) is 10.0 Å². The topological polar surface area (TPSA) is 96.6 Å². The molecule has 1 rings (SSSR count). The molecule has 4 N–H and O–H groups in total. The fourth-order valence-electron chi connectivity index (χ4n) is 1.47. The van der Waals surface area contributed by atoms with Gasteiger partial charge in [0.15, 0.2) is 5.96 Å². The molecule has 1 aromatic carbocycles. The minimum Gasteiger partial charge on any atom is -0.370 e. The second-order valence-corrected chi connectivity index (χ2v) is 7.04. The van der Waals surface area contributed by atoms with E-state index in [0.29, 0.717) is 0 Å². The van der Waals surface area contributed by atoms with Crippen molar-refractivity contribution in [2.45, 2.75) is 24.8 Å². The first-order valence-corrected chi connectivity index (χ1v) is 8.48. The highest BCUT2D eigenvalue weighted by atomic mass is 35.5. The van der Waals surface area contributed by atoms with Crippen molar-refractivity contribution in [2.75, 3.05) is 13.1 Å². The molecule has 0 aliphatic rings. The van der Waals surface area contributed by atoms with Crippen molar-refractivity contribution in [2.24, 2.45) is 10.7 Å². The van der Waals surface area contributed by atoms with Gasteiger partial charge in [-0.3, -0.25) is 4.99 Å². The van der Waals surface area contributed by atoms with Crippen LogP contribution in [0.25, 0.3) is 0 Å². The van der Waals surface area contributed by atoms with Crippen LogP contribution in [0, 0.1) is 0 Å². The highest BCUT2D eigenvalue weighted by Crippen LogP contribution is 2.28. The molecule has 1 aromatic rings. The molecule has 0 aromatic heterocycles. The number of hydrogen-bond donors (Lipinski definition) is 3. The van der Waals surface area contributed by atoms with Gasteiger partial charge in [0.1, 0.15) is 4.90 Å². The lowest BCUT2D eigenvalue weighted by Crippen LogP contribution is -2.37. The third kappa shape index (κ3) is 5.70. The maximum absolute atomic E-state index is 12.1. The van der Waals surface area contributed by atoms with Gasteiger partial charge in [-0.1, -0.05) is 29.3 Å². The number of guanidine groups is 1. The van der Waals surface area contributed by atoms with Crippen LogP contribution < -0.4 is 15.8 Å². The number of halogens is 2. The summed E-state index contributed by atoms with van der Waals surface area (Å²) in [6.45, 7) is 4.16. The summed E-state index contributed by atoms with van der Waals surface area (Å²) in [4.78, 5) is 3.94. The molecule has 0 saturated carbocycles. The number of sulfonamides is 1. The van der Waals surface area contributed by atoms with Gasteiger partial charge in [-0.05, 0) is 26.0 Å². The number of nitrogens with one attached hydrogen (secondary N) is 2. The molecule has 0 amide bonds. The Kier molecular flexibility index (Phi) is 6.73. The second-order valence-electron chi connectivity index (χ2n) is 4.52. The van der Waals surface area contributed by atoms with E-state index in [4.69, 9.17) is 28.9 Å². The van der Waals surface area contributed by atoms with Crippen molar-refractivity contribution in [3.8, 4) is 0 Å². The summed E-state index contributed by atoms with van der Waals surface area (Å²) in [5, 5.41) is 3.08. The normalized spacial score (nSPS) is 12.7. The van der Waals surface area contributed by atoms with Crippen LogP contribution in [-0.2, 0) is 10.0 Å². The molecule has 0 radical (unpaired) electrons. The highest BCUT2D eigenvalue weighted by Gasteiger charge is 2.18. The Morgan fingerprint density at radius 3 is 2.67 bits per heavy atom. The van der Waals surface area contributed by atoms with Crippen LogP contribution in [0.1, 0.15) is 13.8 Å². The maximum atomic E-state index is 12.1. The summed E-state index contributed by atoms with van der Waals surface area (Å²) in [5.74, 6) is 0.269. The Bertz CT molecular complexity index is 618. The first-order valence-electron chi connectivity index (χ1n) is 6.24. The van der Waals surface area contributed by atoms with Crippen molar-refractivity contribution < 1.29 is 8.42 Å². The Balaban J connectivity index is 2.64. The van der Waals surface area contributed by atoms with Crippen LogP contribution in [0.4, 0.5) is 0 Å². The predicted octanol–water partition coefficient (Wildman–Crippen LogP) is 1.58. The summed E-state index contributed by atoms with van der Waals surface area (Å²) in [7, 11) is -3.73. The Morgan fingerprint density at radius 1 is 1.38 bits per heavy atom. The van der Waals surface area contributed by atoms with Gasteiger partial charge in [-0.25, -0.2) is 13.1 Å². The molecule has 0 bridgehead atoms. The van der Waals surface area contributed by atoms with E-state index in [1.54, 1.807) is 0 Å². The zero-order chi connectivity index (χ0) is 16.0. The van der Waals surface area contributed by atoms with E-state index in [0.717, 1.165) is 0 Å². The highest BCUT2D eigenvalue weighted by molar-refractivity contribution is 7.89. The molecular formula is C12H18Cl2N4O2S. The van der Waals surface area contributed by atoms with Gasteiger partial charge in [0.05, 0.1) is 16.6 Å². The monoisotopic (exact) mass is 352 g/mol. The van der Waals surface area contributed by atoms with Crippen molar-refractivity contribution in [3.63, 3.8) is 0 Å². The Hall–Kier alpha value is -1.02. The predicted molar refractivity (Wildman–Crippen MR) is 86.4 cm³/mol. The second kappa shape index (κ2) is 7.84. The summed E-state index contributed by atoms with van der Waals surface area (Å²) >= 11 is 11.7. The third-order valence-electron chi connectivity index (χ3n) is 2.33. The SMILES string of the molecule is CC(C)NC(N)=NCCNS(=O)(=O)c1cccc(Cl)c1Cl. The molecule has 0 saturated heterocycles. The lowest BCUT2D eigenvalue weighted by atomic mass is 10.4. The number of benzene rings is 1. The Labute approximate surface area is 134 Å². The fourth-order valence-corrected chi connectivity index (χ4v) is 3.25. The number of nitrogens with two attached hydrogens (primary N) is 1. The largest absolute Gasteiger partial charge is 0.370 e. The van der Waals surface area contributed by atoms with Gasteiger partial charge in [-0.15, -0.1) is 0 Å². The number of rotatable bonds is 6. The molecule has 0 unspecified atom stereocenters. The molecule has 6 nitrogen and oxygen atoms in total. The molecule has 0 aliphatic carbocycles. The number of nitrogens with zero attached hydrogens (tertiary/aromatic N) is 1. The van der Waals surface area contributed by atoms with E-state index in [1.165, 1.54) is 18.2 Å². The van der Waals surface area contributed by atoms with E-state index in [2.05, 4.69) is 15.0 Å². The molecule has 0 heterocycles. The first kappa shape index (κ1) is 18.0. The van der Waals surface area contributed by atoms with Crippen molar-refractivity contribution in [3.05, 3.63) is 28.2 Å². The molecule has 0 aliphatic heterocycles.